The van der Waals surface area contributed by atoms with Crippen molar-refractivity contribution in [2.24, 2.45) is 0 Å². The second kappa shape index (κ2) is 12.2. The van der Waals surface area contributed by atoms with Gasteiger partial charge in [0, 0.05) is 6.42 Å². The maximum Gasteiger partial charge on any atom is 0.501 e. The molecule has 39 heavy (non-hydrogen) atoms. The molecule has 3 rings (SSSR count). The maximum absolute atomic E-state index is 13.1. The Hall–Kier alpha value is -2.12. The summed E-state index contributed by atoms with van der Waals surface area (Å²) in [5, 5.41) is 0. The van der Waals surface area contributed by atoms with Crippen molar-refractivity contribution in [2.45, 2.75) is 74.2 Å². The van der Waals surface area contributed by atoms with Gasteiger partial charge in [-0.15, -0.1) is 0 Å². The van der Waals surface area contributed by atoms with Crippen LogP contribution in [0.1, 0.15) is 58.1 Å². The Balaban J connectivity index is 0.000000377. The second-order valence-electron chi connectivity index (χ2n) is 9.37. The fraction of sp³-hybridized carbons (Fsp3) is 0.538. The largest absolute Gasteiger partial charge is 0.501 e. The number of halogens is 6. The van der Waals surface area contributed by atoms with E-state index in [9.17, 15) is 43.2 Å². The van der Waals surface area contributed by atoms with Crippen LogP contribution in [0.3, 0.4) is 0 Å². The molecule has 0 fully saturated rings. The molecule has 0 radical (unpaired) electrons. The number of alkyl halides is 6. The summed E-state index contributed by atoms with van der Waals surface area (Å²) in [6.45, 7) is 14.5. The van der Waals surface area contributed by atoms with Crippen LogP contribution in [0.2, 0.25) is 0 Å². The standard InChI is InChI=1S/C15H8F6O4S2.C11H26N/c16-14(17,18)26(22,23)12-6-5-10-9-4-2-1-3-8(9)7-11(10)13(12)27(24,25)15(19,20)21;1-5-9-10-11-12(6-2,7-3)8-4/h1-6H,7H2;5-11H2,1-4H3/q;+1. The molecule has 0 heterocycles. The minimum Gasteiger partial charge on any atom is -0.324 e. The first-order valence-electron chi connectivity index (χ1n) is 12.7. The van der Waals surface area contributed by atoms with Crippen LogP contribution in [0, 0.1) is 0 Å². The first-order chi connectivity index (χ1) is 17.9. The van der Waals surface area contributed by atoms with Gasteiger partial charge in [0.1, 0.15) is 0 Å². The molecular formula is C26H34F6NO4S2+. The smallest absolute Gasteiger partial charge is 0.324 e. The molecule has 0 aromatic heterocycles. The highest BCUT2D eigenvalue weighted by Crippen LogP contribution is 2.47. The molecule has 2 aromatic carbocycles. The number of hydrogen-bond donors (Lipinski definition) is 0. The summed E-state index contributed by atoms with van der Waals surface area (Å²) in [5.74, 6) is 0. The highest BCUT2D eigenvalue weighted by Gasteiger charge is 2.55. The van der Waals surface area contributed by atoms with Crippen LogP contribution in [-0.2, 0) is 26.1 Å². The van der Waals surface area contributed by atoms with E-state index in [0.29, 0.717) is 11.1 Å². The lowest BCUT2D eigenvalue weighted by Crippen LogP contribution is -2.48. The van der Waals surface area contributed by atoms with Gasteiger partial charge >= 0.3 is 11.0 Å². The number of quaternary nitrogens is 1. The van der Waals surface area contributed by atoms with Crippen LogP contribution < -0.4 is 0 Å². The van der Waals surface area contributed by atoms with Crippen molar-refractivity contribution < 1.29 is 47.7 Å². The lowest BCUT2D eigenvalue weighted by atomic mass is 10.1. The van der Waals surface area contributed by atoms with Gasteiger partial charge in [0.2, 0.25) is 0 Å². The van der Waals surface area contributed by atoms with Crippen LogP contribution in [0.25, 0.3) is 11.1 Å². The Morgan fingerprint density at radius 3 is 1.74 bits per heavy atom. The Morgan fingerprint density at radius 1 is 0.718 bits per heavy atom. The van der Waals surface area contributed by atoms with Crippen LogP contribution in [0.15, 0.2) is 46.2 Å². The SMILES string of the molecule is CCCCC[N+](CC)(CC)CC.O=S(=O)(c1ccc2c(c1S(=O)(=O)C(F)(F)F)Cc1ccccc1-2)C(F)(F)F. The van der Waals surface area contributed by atoms with E-state index in [1.165, 1.54) is 74.2 Å². The van der Waals surface area contributed by atoms with Crippen molar-refractivity contribution >= 4 is 19.7 Å². The minimum absolute atomic E-state index is 0.0606. The number of hydrogen-bond acceptors (Lipinski definition) is 4. The van der Waals surface area contributed by atoms with E-state index in [2.05, 4.69) is 27.7 Å². The summed E-state index contributed by atoms with van der Waals surface area (Å²) in [4.78, 5) is -3.81. The number of unbranched alkanes of at least 4 members (excludes halogenated alkanes) is 2. The third-order valence-corrected chi connectivity index (χ3v) is 10.6. The van der Waals surface area contributed by atoms with Gasteiger partial charge in [-0.2, -0.15) is 26.3 Å². The first kappa shape index (κ1) is 33.1. The highest BCUT2D eigenvalue weighted by atomic mass is 32.2. The van der Waals surface area contributed by atoms with Crippen molar-refractivity contribution in [1.82, 2.24) is 0 Å². The molecule has 1 aliphatic rings. The molecule has 0 bridgehead atoms. The molecule has 220 valence electrons. The van der Waals surface area contributed by atoms with Crippen LogP contribution in [-0.4, -0.2) is 58.5 Å². The zero-order valence-corrected chi connectivity index (χ0v) is 23.9. The molecule has 0 atom stereocenters. The molecule has 0 aliphatic heterocycles. The second-order valence-corrected chi connectivity index (χ2v) is 13.2. The molecule has 5 nitrogen and oxygen atoms in total. The predicted octanol–water partition coefficient (Wildman–Crippen LogP) is 6.90. The Morgan fingerprint density at radius 2 is 1.26 bits per heavy atom. The van der Waals surface area contributed by atoms with Gasteiger partial charge < -0.3 is 4.48 Å². The summed E-state index contributed by atoms with van der Waals surface area (Å²) in [6.07, 6.45) is 3.71. The van der Waals surface area contributed by atoms with E-state index in [0.717, 1.165) is 6.07 Å². The van der Waals surface area contributed by atoms with Gasteiger partial charge in [0.05, 0.1) is 36.0 Å². The van der Waals surface area contributed by atoms with Crippen molar-refractivity contribution in [3.05, 3.63) is 47.5 Å². The highest BCUT2D eigenvalue weighted by molar-refractivity contribution is 7.95. The average Bonchev–Trinajstić information content (AvgIpc) is 3.24. The topological polar surface area (TPSA) is 68.3 Å². The number of fused-ring (bicyclic) bond motifs is 3. The van der Waals surface area contributed by atoms with Crippen molar-refractivity contribution in [3.8, 4) is 11.1 Å². The molecule has 0 saturated heterocycles. The molecule has 0 unspecified atom stereocenters. The third-order valence-electron chi connectivity index (χ3n) is 7.32. The van der Waals surface area contributed by atoms with E-state index in [1.54, 1.807) is 0 Å². The number of benzene rings is 2. The van der Waals surface area contributed by atoms with Gasteiger partial charge in [-0.05, 0) is 61.9 Å². The summed E-state index contributed by atoms with van der Waals surface area (Å²) in [7, 11) is -12.7. The van der Waals surface area contributed by atoms with E-state index in [4.69, 9.17) is 0 Å². The molecule has 1 aliphatic carbocycles. The fourth-order valence-corrected chi connectivity index (χ4v) is 7.34. The first-order valence-corrected chi connectivity index (χ1v) is 15.6. The van der Waals surface area contributed by atoms with Gasteiger partial charge in [0.25, 0.3) is 19.7 Å². The van der Waals surface area contributed by atoms with Gasteiger partial charge in [-0.3, -0.25) is 0 Å². The number of sulfone groups is 2. The molecule has 0 amide bonds. The minimum atomic E-state index is -6.37. The van der Waals surface area contributed by atoms with E-state index < -0.39 is 52.5 Å². The quantitative estimate of drug-likeness (QED) is 0.152. The molecule has 2 aromatic rings. The zero-order chi connectivity index (χ0) is 29.9. The normalized spacial score (nSPS) is 13.9. The van der Waals surface area contributed by atoms with E-state index in [-0.39, 0.29) is 11.6 Å². The van der Waals surface area contributed by atoms with Crippen LogP contribution in [0.5, 0.6) is 0 Å². The summed E-state index contributed by atoms with van der Waals surface area (Å²) in [5.41, 5.74) is -11.9. The Bertz CT molecular complexity index is 1360. The number of nitrogens with zero attached hydrogens (tertiary/aromatic N) is 1. The van der Waals surface area contributed by atoms with Crippen LogP contribution >= 0.6 is 0 Å². The monoisotopic (exact) mass is 602 g/mol. The maximum atomic E-state index is 13.1. The van der Waals surface area contributed by atoms with Gasteiger partial charge in [0.15, 0.2) is 0 Å². The molecule has 13 heteroatoms. The summed E-state index contributed by atoms with van der Waals surface area (Å²) >= 11 is 0. The Kier molecular flexibility index (Phi) is 10.3. The predicted molar refractivity (Wildman–Crippen MR) is 137 cm³/mol. The molecule has 0 saturated carbocycles. The van der Waals surface area contributed by atoms with E-state index >= 15 is 0 Å². The van der Waals surface area contributed by atoms with Crippen molar-refractivity contribution in [1.29, 1.82) is 0 Å². The summed E-state index contributed by atoms with van der Waals surface area (Å²) < 4.78 is 127. The molecule has 0 spiro atoms. The Labute approximate surface area is 226 Å². The fourth-order valence-electron chi connectivity index (χ4n) is 4.75. The van der Waals surface area contributed by atoms with Crippen molar-refractivity contribution in [3.63, 3.8) is 0 Å². The van der Waals surface area contributed by atoms with Gasteiger partial charge in [-0.1, -0.05) is 43.7 Å². The van der Waals surface area contributed by atoms with Crippen LogP contribution in [0.4, 0.5) is 26.3 Å². The molecule has 0 N–H and O–H groups in total. The summed E-state index contributed by atoms with van der Waals surface area (Å²) in [6, 6.07) is 7.06. The van der Waals surface area contributed by atoms with E-state index in [1.807, 2.05) is 0 Å². The number of rotatable bonds is 9. The molecular weight excluding hydrogens is 568 g/mol. The lowest BCUT2D eigenvalue weighted by molar-refractivity contribution is -0.923. The lowest BCUT2D eigenvalue weighted by Gasteiger charge is -2.35. The van der Waals surface area contributed by atoms with Crippen molar-refractivity contribution in [2.75, 3.05) is 26.2 Å². The average molecular weight is 603 g/mol. The third kappa shape index (κ3) is 6.62. The zero-order valence-electron chi connectivity index (χ0n) is 22.3. The van der Waals surface area contributed by atoms with Gasteiger partial charge in [-0.25, -0.2) is 16.8 Å².